The van der Waals surface area contributed by atoms with E-state index in [1.165, 1.54) is 11.8 Å². The van der Waals surface area contributed by atoms with Crippen molar-refractivity contribution in [2.45, 2.75) is 31.1 Å². The summed E-state index contributed by atoms with van der Waals surface area (Å²) in [7, 11) is 1.85. The quantitative estimate of drug-likeness (QED) is 0.647. The molecule has 2 N–H and O–H groups in total. The Morgan fingerprint density at radius 1 is 1.48 bits per heavy atom. The molecule has 5 heteroatoms. The van der Waals surface area contributed by atoms with Gasteiger partial charge in [-0.05, 0) is 44.4 Å². The fourth-order valence-corrected chi connectivity index (χ4v) is 3.16. The van der Waals surface area contributed by atoms with Crippen LogP contribution in [-0.2, 0) is 4.79 Å². The molecule has 114 valence electrons. The third-order valence-corrected chi connectivity index (χ3v) is 4.52. The number of ether oxygens (including phenoxy) is 1. The van der Waals surface area contributed by atoms with Gasteiger partial charge >= 0.3 is 0 Å². The lowest BCUT2D eigenvalue weighted by Gasteiger charge is -2.18. The number of thioether (sulfide) groups is 1. The second-order valence-electron chi connectivity index (χ2n) is 4.96. The van der Waals surface area contributed by atoms with Crippen molar-refractivity contribution in [3.05, 3.63) is 30.0 Å². The van der Waals surface area contributed by atoms with E-state index in [1.807, 2.05) is 32.2 Å². The number of hydrogen-bond acceptors (Lipinski definition) is 4. The highest BCUT2D eigenvalue weighted by atomic mass is 32.2. The van der Waals surface area contributed by atoms with Crippen LogP contribution in [0, 0.1) is 0 Å². The first-order valence-electron chi connectivity index (χ1n) is 7.22. The van der Waals surface area contributed by atoms with Crippen molar-refractivity contribution >= 4 is 23.4 Å². The predicted molar refractivity (Wildman–Crippen MR) is 87.5 cm³/mol. The van der Waals surface area contributed by atoms with Gasteiger partial charge in [0.2, 0.25) is 5.91 Å². The number of amides is 1. The lowest BCUT2D eigenvalue weighted by atomic mass is 10.3. The van der Waals surface area contributed by atoms with Crippen LogP contribution >= 0.6 is 11.8 Å². The summed E-state index contributed by atoms with van der Waals surface area (Å²) in [5, 5.41) is 0. The zero-order chi connectivity index (χ0) is 15.2. The summed E-state index contributed by atoms with van der Waals surface area (Å²) < 4.78 is 5.46. The van der Waals surface area contributed by atoms with E-state index in [9.17, 15) is 4.79 Å². The highest BCUT2D eigenvalue weighted by Gasteiger charge is 2.16. The van der Waals surface area contributed by atoms with E-state index in [0.717, 1.165) is 35.6 Å². The molecular weight excluding hydrogens is 284 g/mol. The normalized spacial score (nSPS) is 13.9. The lowest BCUT2D eigenvalue weighted by Crippen LogP contribution is -2.27. The van der Waals surface area contributed by atoms with Gasteiger partial charge in [0.1, 0.15) is 5.75 Å². The maximum Gasteiger partial charge on any atom is 0.236 e. The largest absolute Gasteiger partial charge is 0.494 e. The molecule has 0 spiro atoms. The summed E-state index contributed by atoms with van der Waals surface area (Å²) in [5.74, 6) is 1.27. The number of nitrogens with zero attached hydrogens (tertiary/aromatic N) is 1. The fourth-order valence-electron chi connectivity index (χ4n) is 2.25. The van der Waals surface area contributed by atoms with E-state index < -0.39 is 0 Å². The lowest BCUT2D eigenvalue weighted by molar-refractivity contribution is -0.125. The number of carbonyl (C=O) groups excluding carboxylic acids is 1. The molecule has 0 fully saturated rings. The predicted octanol–water partition coefficient (Wildman–Crippen LogP) is 3.29. The Bertz CT molecular complexity index is 543. The molecule has 0 heterocycles. The Labute approximate surface area is 130 Å². The Kier molecular flexibility index (Phi) is 5.56. The van der Waals surface area contributed by atoms with Crippen molar-refractivity contribution in [3.63, 3.8) is 0 Å². The van der Waals surface area contributed by atoms with E-state index in [2.05, 4.69) is 6.08 Å². The zero-order valence-electron chi connectivity index (χ0n) is 12.6. The molecule has 0 radical (unpaired) electrons. The molecule has 21 heavy (non-hydrogen) atoms. The summed E-state index contributed by atoms with van der Waals surface area (Å²) in [6.07, 6.45) is 5.36. The van der Waals surface area contributed by atoms with Gasteiger partial charge in [0.15, 0.2) is 0 Å². The van der Waals surface area contributed by atoms with Gasteiger partial charge in [-0.25, -0.2) is 0 Å². The summed E-state index contributed by atoms with van der Waals surface area (Å²) in [6.45, 7) is 2.56. The van der Waals surface area contributed by atoms with Crippen LogP contribution in [0.4, 0.5) is 5.69 Å². The Morgan fingerprint density at radius 2 is 2.29 bits per heavy atom. The minimum absolute atomic E-state index is 0.106. The number of anilines is 1. The topological polar surface area (TPSA) is 55.6 Å². The number of allylic oxidation sites excluding steroid dienone is 2. The molecule has 1 aliphatic rings. The number of nitrogens with two attached hydrogens (primary N) is 1. The standard InChI is InChI=1S/C16H22N2O2S/c1-3-20-13-8-9-14(17)15(10-13)21-11-16(19)18(2)12-6-4-5-7-12/h6,8-10H,3-5,7,11,17H2,1-2H3. The molecule has 0 atom stereocenters. The van der Waals surface area contributed by atoms with Crippen LogP contribution in [0.25, 0.3) is 0 Å². The molecule has 4 nitrogen and oxygen atoms in total. The third kappa shape index (κ3) is 4.17. The van der Waals surface area contributed by atoms with Crippen LogP contribution in [0.1, 0.15) is 26.2 Å². The Morgan fingerprint density at radius 3 is 2.95 bits per heavy atom. The van der Waals surface area contributed by atoms with Crippen LogP contribution in [0.5, 0.6) is 5.75 Å². The first kappa shape index (κ1) is 15.8. The van der Waals surface area contributed by atoms with Crippen molar-refractivity contribution in [2.24, 2.45) is 0 Å². The van der Waals surface area contributed by atoms with Crippen molar-refractivity contribution in [1.29, 1.82) is 0 Å². The van der Waals surface area contributed by atoms with Crippen molar-refractivity contribution in [3.8, 4) is 5.75 Å². The maximum atomic E-state index is 12.2. The van der Waals surface area contributed by atoms with Crippen LogP contribution in [0.15, 0.2) is 34.9 Å². The molecule has 1 aliphatic carbocycles. The molecule has 0 aromatic heterocycles. The highest BCUT2D eigenvalue weighted by molar-refractivity contribution is 8.00. The van der Waals surface area contributed by atoms with Gasteiger partial charge in [0, 0.05) is 23.3 Å². The van der Waals surface area contributed by atoms with E-state index in [0.29, 0.717) is 18.0 Å². The average Bonchev–Trinajstić information content (AvgIpc) is 3.01. The van der Waals surface area contributed by atoms with Gasteiger partial charge < -0.3 is 15.4 Å². The molecule has 2 rings (SSSR count). The Hall–Kier alpha value is -1.62. The van der Waals surface area contributed by atoms with Crippen molar-refractivity contribution < 1.29 is 9.53 Å². The maximum absolute atomic E-state index is 12.2. The van der Waals surface area contributed by atoms with E-state index in [4.69, 9.17) is 10.5 Å². The minimum Gasteiger partial charge on any atom is -0.494 e. The van der Waals surface area contributed by atoms with E-state index >= 15 is 0 Å². The summed E-state index contributed by atoms with van der Waals surface area (Å²) >= 11 is 1.46. The van der Waals surface area contributed by atoms with Gasteiger partial charge in [0.05, 0.1) is 12.4 Å². The zero-order valence-corrected chi connectivity index (χ0v) is 13.4. The number of benzene rings is 1. The third-order valence-electron chi connectivity index (χ3n) is 3.47. The summed E-state index contributed by atoms with van der Waals surface area (Å²) in [4.78, 5) is 14.9. The average molecular weight is 306 g/mol. The number of nitrogen functional groups attached to an aromatic ring is 1. The fraction of sp³-hybridized carbons (Fsp3) is 0.438. The molecule has 0 unspecified atom stereocenters. The van der Waals surface area contributed by atoms with Gasteiger partial charge in [-0.1, -0.05) is 6.08 Å². The molecule has 0 bridgehead atoms. The molecule has 1 aromatic carbocycles. The van der Waals surface area contributed by atoms with Gasteiger partial charge in [-0.2, -0.15) is 0 Å². The van der Waals surface area contributed by atoms with Gasteiger partial charge in [-0.15, -0.1) is 11.8 Å². The van der Waals surface area contributed by atoms with Crippen molar-refractivity contribution in [2.75, 3.05) is 25.1 Å². The van der Waals surface area contributed by atoms with Gasteiger partial charge in [0.25, 0.3) is 0 Å². The van der Waals surface area contributed by atoms with Crippen LogP contribution in [0.3, 0.4) is 0 Å². The minimum atomic E-state index is 0.106. The van der Waals surface area contributed by atoms with E-state index in [1.54, 1.807) is 4.90 Å². The smallest absolute Gasteiger partial charge is 0.236 e. The monoisotopic (exact) mass is 306 g/mol. The molecule has 0 saturated carbocycles. The highest BCUT2D eigenvalue weighted by Crippen LogP contribution is 2.30. The SMILES string of the molecule is CCOc1ccc(N)c(SCC(=O)N(C)C2=CCCC2)c1. The first-order chi connectivity index (χ1) is 10.1. The van der Waals surface area contributed by atoms with Crippen molar-refractivity contribution in [1.82, 2.24) is 4.90 Å². The van der Waals surface area contributed by atoms with E-state index in [-0.39, 0.29) is 5.91 Å². The summed E-state index contributed by atoms with van der Waals surface area (Å²) in [6, 6.07) is 5.56. The van der Waals surface area contributed by atoms with Crippen LogP contribution < -0.4 is 10.5 Å². The molecular formula is C16H22N2O2S. The molecule has 1 amide bonds. The van der Waals surface area contributed by atoms with Crippen LogP contribution in [0.2, 0.25) is 0 Å². The Balaban J connectivity index is 1.95. The number of carbonyl (C=O) groups is 1. The number of hydrogen-bond donors (Lipinski definition) is 1. The molecule has 1 aromatic rings. The summed E-state index contributed by atoms with van der Waals surface area (Å²) in [5.41, 5.74) is 7.77. The second kappa shape index (κ2) is 7.41. The van der Waals surface area contributed by atoms with Crippen LogP contribution in [-0.4, -0.2) is 30.2 Å². The molecule has 0 saturated heterocycles. The molecule has 0 aliphatic heterocycles. The van der Waals surface area contributed by atoms with Gasteiger partial charge in [-0.3, -0.25) is 4.79 Å². The second-order valence-corrected chi connectivity index (χ2v) is 5.98. The number of rotatable bonds is 6. The first-order valence-corrected chi connectivity index (χ1v) is 8.21.